The molecule has 2 nitrogen and oxygen atoms in total. The molecule has 3 heteroatoms. The van der Waals surface area contributed by atoms with Gasteiger partial charge in [0.15, 0.2) is 0 Å². The first-order chi connectivity index (χ1) is 7.81. The lowest BCUT2D eigenvalue weighted by Gasteiger charge is -2.16. The van der Waals surface area contributed by atoms with Crippen LogP contribution < -0.4 is 5.32 Å². The van der Waals surface area contributed by atoms with E-state index in [2.05, 4.69) is 36.7 Å². The van der Waals surface area contributed by atoms with Gasteiger partial charge in [0.2, 0.25) is 0 Å². The van der Waals surface area contributed by atoms with Gasteiger partial charge in [-0.25, -0.2) is 0 Å². The Balaban J connectivity index is 2.10. The minimum absolute atomic E-state index is 0.489. The van der Waals surface area contributed by atoms with Crippen molar-refractivity contribution in [3.63, 3.8) is 0 Å². The summed E-state index contributed by atoms with van der Waals surface area (Å²) in [5.41, 5.74) is 4.07. The molecule has 0 aliphatic carbocycles. The third kappa shape index (κ3) is 2.71. The molecule has 0 spiro atoms. The predicted octanol–water partition coefficient (Wildman–Crippen LogP) is 3.06. The first-order valence-corrected chi connectivity index (χ1v) is 7.12. The fraction of sp³-hybridized carbons (Fsp3) is 0.538. The van der Waals surface area contributed by atoms with E-state index in [1.165, 1.54) is 16.8 Å². The van der Waals surface area contributed by atoms with Gasteiger partial charge in [-0.05, 0) is 36.8 Å². The fourth-order valence-electron chi connectivity index (χ4n) is 2.02. The van der Waals surface area contributed by atoms with Crippen molar-refractivity contribution in [3.05, 3.63) is 29.3 Å². The van der Waals surface area contributed by atoms with Crippen LogP contribution in [0.15, 0.2) is 18.2 Å². The van der Waals surface area contributed by atoms with Gasteiger partial charge in [0.25, 0.3) is 0 Å². The second-order valence-corrected chi connectivity index (χ2v) is 5.09. The minimum atomic E-state index is 0.489. The molecule has 0 bridgehead atoms. The van der Waals surface area contributed by atoms with Gasteiger partial charge in [0.1, 0.15) is 0 Å². The van der Waals surface area contributed by atoms with Crippen LogP contribution in [0.4, 0.5) is 5.69 Å². The lowest BCUT2D eigenvalue weighted by atomic mass is 10.1. The Morgan fingerprint density at radius 2 is 2.38 bits per heavy atom. The molecule has 0 amide bonds. The van der Waals surface area contributed by atoms with Gasteiger partial charge in [-0.15, -0.1) is 0 Å². The molecule has 1 aromatic carbocycles. The van der Waals surface area contributed by atoms with Crippen molar-refractivity contribution in [2.45, 2.75) is 25.1 Å². The van der Waals surface area contributed by atoms with E-state index >= 15 is 0 Å². The lowest BCUT2D eigenvalue weighted by Crippen LogP contribution is -2.19. The van der Waals surface area contributed by atoms with Crippen LogP contribution in [0.1, 0.15) is 17.5 Å². The molecule has 1 atom stereocenters. The molecule has 1 N–H and O–H groups in total. The van der Waals surface area contributed by atoms with Crippen LogP contribution in [-0.2, 0) is 10.5 Å². The van der Waals surface area contributed by atoms with Crippen molar-refractivity contribution in [1.82, 2.24) is 0 Å². The summed E-state index contributed by atoms with van der Waals surface area (Å²) in [7, 11) is 0. The molecule has 1 saturated heterocycles. The Kier molecular flexibility index (Phi) is 4.13. The fourth-order valence-corrected chi connectivity index (χ4v) is 2.64. The van der Waals surface area contributed by atoms with E-state index in [-0.39, 0.29) is 0 Å². The van der Waals surface area contributed by atoms with E-state index in [0.29, 0.717) is 6.04 Å². The summed E-state index contributed by atoms with van der Waals surface area (Å²) in [5.74, 6) is 1.09. The van der Waals surface area contributed by atoms with Crippen LogP contribution in [0.5, 0.6) is 0 Å². The second-order valence-electron chi connectivity index (χ2n) is 4.23. The third-order valence-corrected chi connectivity index (χ3v) is 3.63. The van der Waals surface area contributed by atoms with Crippen LogP contribution in [0.3, 0.4) is 0 Å². The molecular weight excluding hydrogens is 218 g/mol. The molecule has 0 saturated carbocycles. The monoisotopic (exact) mass is 237 g/mol. The number of hydrogen-bond acceptors (Lipinski definition) is 3. The maximum atomic E-state index is 5.38. The topological polar surface area (TPSA) is 21.3 Å². The van der Waals surface area contributed by atoms with Gasteiger partial charge < -0.3 is 10.1 Å². The number of anilines is 1. The highest BCUT2D eigenvalue weighted by molar-refractivity contribution is 7.97. The zero-order chi connectivity index (χ0) is 11.4. The standard InChI is InChI=1S/C13H19NOS/c1-10-11(9-16-2)4-3-5-13(10)14-12-6-7-15-8-12/h3-5,12,14H,6-9H2,1-2H3. The van der Waals surface area contributed by atoms with Crippen LogP contribution in [0.2, 0.25) is 0 Å². The number of hydrogen-bond donors (Lipinski definition) is 1. The van der Waals surface area contributed by atoms with Crippen LogP contribution >= 0.6 is 11.8 Å². The number of nitrogens with one attached hydrogen (secondary N) is 1. The van der Waals surface area contributed by atoms with Crippen molar-refractivity contribution in [2.75, 3.05) is 24.8 Å². The van der Waals surface area contributed by atoms with E-state index in [0.717, 1.165) is 25.4 Å². The Bertz CT molecular complexity index is 348. The average Bonchev–Trinajstić information content (AvgIpc) is 2.77. The van der Waals surface area contributed by atoms with Gasteiger partial charge in [0.05, 0.1) is 12.6 Å². The highest BCUT2D eigenvalue weighted by Crippen LogP contribution is 2.23. The molecule has 1 fully saturated rings. The Morgan fingerprint density at radius 1 is 1.50 bits per heavy atom. The zero-order valence-corrected chi connectivity index (χ0v) is 10.8. The summed E-state index contributed by atoms with van der Waals surface area (Å²) >= 11 is 1.87. The van der Waals surface area contributed by atoms with E-state index < -0.39 is 0 Å². The first kappa shape index (κ1) is 11.8. The summed E-state index contributed by atoms with van der Waals surface area (Å²) in [5, 5.41) is 3.57. The summed E-state index contributed by atoms with van der Waals surface area (Å²) in [6, 6.07) is 7.00. The Hall–Kier alpha value is -0.670. The van der Waals surface area contributed by atoms with E-state index in [4.69, 9.17) is 4.74 Å². The first-order valence-electron chi connectivity index (χ1n) is 5.73. The SMILES string of the molecule is CSCc1cccc(NC2CCOC2)c1C. The van der Waals surface area contributed by atoms with Crippen molar-refractivity contribution >= 4 is 17.4 Å². The molecule has 0 radical (unpaired) electrons. The van der Waals surface area contributed by atoms with Crippen LogP contribution in [0.25, 0.3) is 0 Å². The molecule has 88 valence electrons. The summed E-state index contributed by atoms with van der Waals surface area (Å²) in [6.07, 6.45) is 3.26. The van der Waals surface area contributed by atoms with E-state index in [1.54, 1.807) is 0 Å². The van der Waals surface area contributed by atoms with Crippen molar-refractivity contribution in [1.29, 1.82) is 0 Å². The van der Waals surface area contributed by atoms with Gasteiger partial charge in [-0.2, -0.15) is 11.8 Å². The van der Waals surface area contributed by atoms with Gasteiger partial charge >= 0.3 is 0 Å². The molecule has 0 aromatic heterocycles. The smallest absolute Gasteiger partial charge is 0.0668 e. The minimum Gasteiger partial charge on any atom is -0.380 e. The van der Waals surface area contributed by atoms with Gasteiger partial charge in [-0.3, -0.25) is 0 Å². The molecular formula is C13H19NOS. The highest BCUT2D eigenvalue weighted by Gasteiger charge is 2.16. The molecule has 1 aliphatic rings. The lowest BCUT2D eigenvalue weighted by molar-refractivity contribution is 0.195. The maximum Gasteiger partial charge on any atom is 0.0668 e. The average molecular weight is 237 g/mol. The molecule has 1 unspecified atom stereocenters. The van der Waals surface area contributed by atoms with E-state index in [1.807, 2.05) is 11.8 Å². The molecule has 16 heavy (non-hydrogen) atoms. The van der Waals surface area contributed by atoms with Crippen molar-refractivity contribution in [3.8, 4) is 0 Å². The number of thioether (sulfide) groups is 1. The van der Waals surface area contributed by atoms with Gasteiger partial charge in [0, 0.05) is 18.0 Å². The summed E-state index contributed by atoms with van der Waals surface area (Å²) in [6.45, 7) is 3.93. The predicted molar refractivity (Wildman–Crippen MR) is 71.2 cm³/mol. The Morgan fingerprint density at radius 3 is 3.06 bits per heavy atom. The zero-order valence-electron chi connectivity index (χ0n) is 9.95. The number of rotatable bonds is 4. The quantitative estimate of drug-likeness (QED) is 0.869. The summed E-state index contributed by atoms with van der Waals surface area (Å²) < 4.78 is 5.38. The van der Waals surface area contributed by atoms with E-state index in [9.17, 15) is 0 Å². The molecule has 1 heterocycles. The van der Waals surface area contributed by atoms with Gasteiger partial charge in [-0.1, -0.05) is 12.1 Å². The number of ether oxygens (including phenoxy) is 1. The number of benzene rings is 1. The normalized spacial score (nSPS) is 20.0. The van der Waals surface area contributed by atoms with Crippen LogP contribution in [0, 0.1) is 6.92 Å². The maximum absolute atomic E-state index is 5.38. The van der Waals surface area contributed by atoms with Crippen LogP contribution in [-0.4, -0.2) is 25.5 Å². The summed E-state index contributed by atoms with van der Waals surface area (Å²) in [4.78, 5) is 0. The Labute approximate surface area is 102 Å². The third-order valence-electron chi connectivity index (χ3n) is 3.04. The molecule has 1 aliphatic heterocycles. The van der Waals surface area contributed by atoms with Crippen molar-refractivity contribution in [2.24, 2.45) is 0 Å². The molecule has 1 aromatic rings. The highest BCUT2D eigenvalue weighted by atomic mass is 32.2. The second kappa shape index (κ2) is 5.60. The van der Waals surface area contributed by atoms with Crippen molar-refractivity contribution < 1.29 is 4.74 Å². The largest absolute Gasteiger partial charge is 0.380 e. The molecule has 2 rings (SSSR count).